The lowest BCUT2D eigenvalue weighted by atomic mass is 10.5. The van der Waals surface area contributed by atoms with Gasteiger partial charge in [0, 0.05) is 10.6 Å². The number of aromatic nitrogens is 4. The Morgan fingerprint density at radius 3 is 0.658 bits per heavy atom. The van der Waals surface area contributed by atoms with Crippen LogP contribution in [0.5, 0.6) is 0 Å². The standard InChI is InChI=1S/2C21H54N6Si6.C6H18O2Si2/c2*1-28(2,3)21-19(22-24-29(4,5)6)20(23-25(21)30(7,8)9)26(31(10,11)12)27(32(13,14)15)33(16,17)18;1-9(2,3)7-8-10(4,5)6/h2*1-18H3;1-6H3. The van der Waals surface area contributed by atoms with Gasteiger partial charge in [-0.15, -0.1) is 0 Å². The van der Waals surface area contributed by atoms with E-state index in [1.54, 1.807) is 0 Å². The fourth-order valence-electron chi connectivity index (χ4n) is 8.87. The monoisotopic (exact) mass is 1290 g/mol. The third kappa shape index (κ3) is 24.5. The van der Waals surface area contributed by atoms with Crippen molar-refractivity contribution in [3.8, 4) is 0 Å². The van der Waals surface area contributed by atoms with Crippen LogP contribution in [0.4, 0.5) is 23.0 Å². The second-order valence-electron chi connectivity index (χ2n) is 35.1. The van der Waals surface area contributed by atoms with Crippen LogP contribution in [0.2, 0.25) is 275 Å². The van der Waals surface area contributed by atoms with Crippen LogP contribution in [-0.4, -0.2) is 143 Å². The van der Waals surface area contributed by atoms with Gasteiger partial charge in [0.2, 0.25) is 33.1 Å². The normalized spacial score (nSPS) is 14.9. The maximum Gasteiger partial charge on any atom is 0.228 e. The highest BCUT2D eigenvalue weighted by Crippen LogP contribution is 2.40. The van der Waals surface area contributed by atoms with Crippen molar-refractivity contribution in [2.24, 2.45) is 19.8 Å². The molecule has 0 saturated heterocycles. The lowest BCUT2D eigenvalue weighted by Crippen LogP contribution is -2.72. The van der Waals surface area contributed by atoms with E-state index in [-0.39, 0.29) is 0 Å². The molecule has 14 nitrogen and oxygen atoms in total. The molecule has 0 unspecified atom stereocenters. The first-order valence-corrected chi connectivity index (χ1v) is 76.6. The summed E-state index contributed by atoms with van der Waals surface area (Å²) in [4.78, 5) is 0. The van der Waals surface area contributed by atoms with Gasteiger partial charge in [-0.3, -0.25) is 26.5 Å². The number of hydrogen-bond donors (Lipinski definition) is 0. The van der Waals surface area contributed by atoms with Crippen molar-refractivity contribution < 1.29 is 9.15 Å². The fourth-order valence-corrected chi connectivity index (χ4v) is 50.0. The lowest BCUT2D eigenvalue weighted by molar-refractivity contribution is -0.122. The highest BCUT2D eigenvalue weighted by atomic mass is 28.4. The van der Waals surface area contributed by atoms with Crippen molar-refractivity contribution in [2.45, 2.75) is 275 Å². The van der Waals surface area contributed by atoms with Gasteiger partial charge in [0.1, 0.15) is 60.5 Å². The van der Waals surface area contributed by atoms with E-state index in [1.165, 1.54) is 10.6 Å². The highest BCUT2D eigenvalue weighted by Gasteiger charge is 2.49. The molecule has 0 N–H and O–H groups in total. The summed E-state index contributed by atoms with van der Waals surface area (Å²) in [5.41, 5.74) is 2.14. The summed E-state index contributed by atoms with van der Waals surface area (Å²) < 4.78 is 36.4. The van der Waals surface area contributed by atoms with Crippen molar-refractivity contribution >= 4 is 149 Å². The molecule has 0 aliphatic rings. The van der Waals surface area contributed by atoms with Crippen LogP contribution in [0.3, 0.4) is 0 Å². The summed E-state index contributed by atoms with van der Waals surface area (Å²) in [6.45, 7) is 99.9. The van der Waals surface area contributed by atoms with E-state index in [9.17, 15) is 0 Å². The first kappa shape index (κ1) is 76.1. The zero-order valence-electron chi connectivity index (χ0n) is 58.2. The summed E-state index contributed by atoms with van der Waals surface area (Å²) in [6.07, 6.45) is 0. The van der Waals surface area contributed by atoms with Gasteiger partial charge in [-0.25, -0.2) is 9.56 Å². The van der Waals surface area contributed by atoms with E-state index in [0.29, 0.717) is 0 Å². The Labute approximate surface area is 485 Å². The zero-order chi connectivity index (χ0) is 61.6. The van der Waals surface area contributed by atoms with E-state index in [2.05, 4.69) is 302 Å². The highest BCUT2D eigenvalue weighted by molar-refractivity contribution is 6.95. The molecule has 0 radical (unpaired) electrons. The van der Waals surface area contributed by atoms with E-state index < -0.39 is 115 Å². The predicted molar refractivity (Wildman–Crippen MR) is 381 cm³/mol. The first-order chi connectivity index (χ1) is 32.6. The van der Waals surface area contributed by atoms with E-state index in [0.717, 1.165) is 23.0 Å². The molecule has 446 valence electrons. The minimum absolute atomic E-state index is 1.07. The van der Waals surface area contributed by atoms with Crippen LogP contribution >= 0.6 is 0 Å². The number of anilines is 2. The molecule has 0 fully saturated rings. The van der Waals surface area contributed by atoms with E-state index >= 15 is 0 Å². The second kappa shape index (κ2) is 25.1. The van der Waals surface area contributed by atoms with Crippen LogP contribution in [0.15, 0.2) is 19.8 Å². The molecular weight excluding hydrogens is 1170 g/mol. The van der Waals surface area contributed by atoms with Gasteiger partial charge in [0.25, 0.3) is 0 Å². The Morgan fingerprint density at radius 2 is 0.526 bits per heavy atom. The largest absolute Gasteiger partial charge is 0.328 e. The molecule has 0 spiro atoms. The van der Waals surface area contributed by atoms with Crippen LogP contribution < -0.4 is 20.0 Å². The summed E-state index contributed by atoms with van der Waals surface area (Å²) in [7, 11) is -23.8. The van der Waals surface area contributed by atoms with Crippen LogP contribution in [0.1, 0.15) is 0 Å². The minimum Gasteiger partial charge on any atom is -0.328 e. The number of hydrogen-bond acceptors (Lipinski definition) is 12. The van der Waals surface area contributed by atoms with Crippen LogP contribution in [0.25, 0.3) is 0 Å². The van der Waals surface area contributed by atoms with Crippen LogP contribution in [-0.2, 0) is 9.15 Å². The van der Waals surface area contributed by atoms with Crippen molar-refractivity contribution in [1.29, 1.82) is 0 Å². The molecule has 0 atom stereocenters. The van der Waals surface area contributed by atoms with Gasteiger partial charge in [0.15, 0.2) is 44.6 Å². The quantitative estimate of drug-likeness (QED) is 0.0525. The van der Waals surface area contributed by atoms with Crippen molar-refractivity contribution in [3.05, 3.63) is 0 Å². The third-order valence-electron chi connectivity index (χ3n) is 10.4. The summed E-state index contributed by atoms with van der Waals surface area (Å²) in [5, 5.41) is 24.0. The third-order valence-corrected chi connectivity index (χ3v) is 38.6. The van der Waals surface area contributed by atoms with Gasteiger partial charge in [-0.1, -0.05) is 157 Å². The first-order valence-electron chi connectivity index (χ1n) is 28.3. The maximum atomic E-state index is 5.50. The summed E-state index contributed by atoms with van der Waals surface area (Å²) >= 11 is 0. The SMILES string of the molecule is C[Si](C)(C)N=Nc1c(N(N([Si](C)(C)C)[Si](C)(C)C)[Si](C)(C)C)nn([Si](C)(C)C)c1[Si](C)(C)C.C[Si](C)(C)N=Nc1c(N(N([Si](C)(C)C)[Si](C)(C)C)[Si](C)(C)C)nn([Si](C)(C)C)c1[Si](C)(C)C.C[Si](C)(C)OO[Si](C)(C)C. The smallest absolute Gasteiger partial charge is 0.228 e. The van der Waals surface area contributed by atoms with Gasteiger partial charge >= 0.3 is 0 Å². The summed E-state index contributed by atoms with van der Waals surface area (Å²) in [6, 6.07) is 0. The average Bonchev–Trinajstić information content (AvgIpc) is 3.66. The molecule has 0 aliphatic carbocycles. The van der Waals surface area contributed by atoms with Crippen molar-refractivity contribution in [2.75, 3.05) is 9.35 Å². The molecule has 0 amide bonds. The zero-order valence-corrected chi connectivity index (χ0v) is 72.2. The van der Waals surface area contributed by atoms with Crippen LogP contribution in [0, 0.1) is 0 Å². The summed E-state index contributed by atoms with van der Waals surface area (Å²) in [5.74, 6) is 2.17. The molecule has 76 heavy (non-hydrogen) atoms. The van der Waals surface area contributed by atoms with Gasteiger partial charge < -0.3 is 9.35 Å². The van der Waals surface area contributed by atoms with E-state index in [4.69, 9.17) is 39.1 Å². The average molecular weight is 1300 g/mol. The molecule has 28 heteroatoms. The topological polar surface area (TPSA) is 116 Å². The van der Waals surface area contributed by atoms with E-state index in [1.807, 2.05) is 0 Å². The molecule has 2 aromatic rings. The molecule has 0 aliphatic heterocycles. The number of rotatable bonds is 21. The van der Waals surface area contributed by atoms with Gasteiger partial charge in [0.05, 0.1) is 0 Å². The maximum absolute atomic E-state index is 5.50. The Balaban J connectivity index is 0.00000125. The molecule has 2 heterocycles. The Kier molecular flexibility index (Phi) is 25.2. The van der Waals surface area contributed by atoms with Crippen molar-refractivity contribution in [1.82, 2.24) is 27.6 Å². The number of nitrogens with zero attached hydrogens (tertiary/aromatic N) is 12. The molecule has 0 saturated carbocycles. The Hall–Kier alpha value is 0.0964. The number of hydrazine groups is 2. The molecular formula is C48H126N12O2Si14. The fraction of sp³-hybridized carbons (Fsp3) is 0.875. The molecule has 2 aromatic heterocycles. The van der Waals surface area contributed by atoms with Gasteiger partial charge in [-0.05, 0) is 118 Å². The van der Waals surface area contributed by atoms with Gasteiger partial charge in [-0.2, -0.15) is 20.4 Å². The Morgan fingerprint density at radius 1 is 0.316 bits per heavy atom. The molecule has 0 aromatic carbocycles. The predicted octanol–water partition coefficient (Wildman–Crippen LogP) is 17.7. The lowest BCUT2D eigenvalue weighted by Gasteiger charge is -2.55. The Bertz CT molecular complexity index is 2060. The second-order valence-corrected chi connectivity index (χ2v) is 102. The van der Waals surface area contributed by atoms with Crippen molar-refractivity contribution in [3.63, 3.8) is 0 Å². The molecule has 0 bridgehead atoms. The minimum atomic E-state index is -1.85. The molecule has 2 rings (SSSR count).